The van der Waals surface area contributed by atoms with Crippen molar-refractivity contribution in [2.75, 3.05) is 6.54 Å². The summed E-state index contributed by atoms with van der Waals surface area (Å²) in [6, 6.07) is 12.9. The maximum Gasteiger partial charge on any atom is 0.131 e. The molecule has 1 heterocycles. The molecular weight excluding hydrogens is 265 g/mol. The number of benzene rings is 2. The quantitative estimate of drug-likeness (QED) is 0.795. The predicted octanol–water partition coefficient (Wildman–Crippen LogP) is 3.41. The highest BCUT2D eigenvalue weighted by Crippen LogP contribution is 2.29. The van der Waals surface area contributed by atoms with Gasteiger partial charge in [0.05, 0.1) is 11.7 Å². The lowest BCUT2D eigenvalue weighted by Gasteiger charge is -2.18. The molecule has 21 heavy (non-hydrogen) atoms. The first-order valence-electron chi connectivity index (χ1n) is 7.10. The van der Waals surface area contributed by atoms with Crippen LogP contribution in [-0.2, 0) is 7.05 Å². The molecule has 108 valence electrons. The number of hydrogen-bond donors (Lipinski definition) is 1. The summed E-state index contributed by atoms with van der Waals surface area (Å²) in [5, 5.41) is 9.51. The summed E-state index contributed by atoms with van der Waals surface area (Å²) < 4.78 is 15.8. The van der Waals surface area contributed by atoms with Gasteiger partial charge in [0, 0.05) is 18.6 Å². The van der Waals surface area contributed by atoms with Crippen LogP contribution in [0.15, 0.2) is 48.7 Å². The summed E-state index contributed by atoms with van der Waals surface area (Å²) in [4.78, 5) is 0. The normalized spacial score (nSPS) is 12.7. The van der Waals surface area contributed by atoms with Crippen molar-refractivity contribution >= 4 is 10.8 Å². The van der Waals surface area contributed by atoms with Crippen molar-refractivity contribution in [2.45, 2.75) is 13.0 Å². The zero-order valence-corrected chi connectivity index (χ0v) is 12.2. The molecule has 0 fully saturated rings. The Kier molecular flexibility index (Phi) is 3.71. The third-order valence-electron chi connectivity index (χ3n) is 3.65. The van der Waals surface area contributed by atoms with E-state index in [2.05, 4.69) is 17.3 Å². The lowest BCUT2D eigenvalue weighted by molar-refractivity contribution is 0.600. The van der Waals surface area contributed by atoms with Crippen LogP contribution in [0.5, 0.6) is 0 Å². The molecule has 1 N–H and O–H groups in total. The lowest BCUT2D eigenvalue weighted by atomic mass is 9.96. The molecule has 0 bridgehead atoms. The summed E-state index contributed by atoms with van der Waals surface area (Å²) in [5.41, 5.74) is 1.99. The second-order valence-electron chi connectivity index (χ2n) is 5.09. The van der Waals surface area contributed by atoms with Crippen LogP contribution >= 0.6 is 0 Å². The predicted molar refractivity (Wildman–Crippen MR) is 82.6 cm³/mol. The van der Waals surface area contributed by atoms with Gasteiger partial charge in [0.2, 0.25) is 0 Å². The van der Waals surface area contributed by atoms with Gasteiger partial charge in [0.25, 0.3) is 0 Å². The monoisotopic (exact) mass is 283 g/mol. The molecule has 0 aliphatic carbocycles. The number of nitrogens with zero attached hydrogens (tertiary/aromatic N) is 2. The van der Waals surface area contributed by atoms with Crippen molar-refractivity contribution in [3.05, 3.63) is 65.7 Å². The highest BCUT2D eigenvalue weighted by molar-refractivity contribution is 5.87. The van der Waals surface area contributed by atoms with Gasteiger partial charge in [-0.1, -0.05) is 37.3 Å². The molecular formula is C17H18FN3. The van der Waals surface area contributed by atoms with E-state index < -0.39 is 0 Å². The standard InChI is InChI=1S/C17H18FN3/c1-3-19-17(16-10-11-21(2)20-16)14-8-9-15(18)13-7-5-4-6-12(13)14/h4-11,17,19H,3H2,1-2H3. The molecule has 0 spiro atoms. The van der Waals surface area contributed by atoms with Crippen molar-refractivity contribution < 1.29 is 4.39 Å². The molecule has 3 nitrogen and oxygen atoms in total. The molecule has 2 aromatic carbocycles. The van der Waals surface area contributed by atoms with Crippen molar-refractivity contribution in [2.24, 2.45) is 7.05 Å². The fourth-order valence-corrected chi connectivity index (χ4v) is 2.70. The summed E-state index contributed by atoms with van der Waals surface area (Å²) >= 11 is 0. The Morgan fingerprint density at radius 3 is 2.57 bits per heavy atom. The van der Waals surface area contributed by atoms with Crippen LogP contribution in [0.4, 0.5) is 4.39 Å². The number of halogens is 1. The summed E-state index contributed by atoms with van der Waals surface area (Å²) in [6.45, 7) is 2.87. The Labute approximate surface area is 123 Å². The third kappa shape index (κ3) is 2.54. The maximum atomic E-state index is 14.0. The number of nitrogens with one attached hydrogen (secondary N) is 1. The second-order valence-corrected chi connectivity index (χ2v) is 5.09. The van der Waals surface area contributed by atoms with Gasteiger partial charge in [-0.2, -0.15) is 5.10 Å². The van der Waals surface area contributed by atoms with E-state index in [1.165, 1.54) is 6.07 Å². The van der Waals surface area contributed by atoms with E-state index in [4.69, 9.17) is 0 Å². The zero-order chi connectivity index (χ0) is 14.8. The Morgan fingerprint density at radius 1 is 1.14 bits per heavy atom. The lowest BCUT2D eigenvalue weighted by Crippen LogP contribution is -2.23. The van der Waals surface area contributed by atoms with Gasteiger partial charge in [0.15, 0.2) is 0 Å². The van der Waals surface area contributed by atoms with Gasteiger partial charge in [-0.05, 0) is 29.6 Å². The Balaban J connectivity index is 2.18. The Hall–Kier alpha value is -2.20. The van der Waals surface area contributed by atoms with Crippen LogP contribution in [0.1, 0.15) is 24.2 Å². The molecule has 3 rings (SSSR count). The number of aromatic nitrogens is 2. The van der Waals surface area contributed by atoms with Crippen molar-refractivity contribution in [3.8, 4) is 0 Å². The van der Waals surface area contributed by atoms with E-state index in [1.807, 2.05) is 49.6 Å². The minimum Gasteiger partial charge on any atom is -0.305 e. The summed E-state index contributed by atoms with van der Waals surface area (Å²) in [6.07, 6.45) is 1.92. The number of fused-ring (bicyclic) bond motifs is 1. The van der Waals surface area contributed by atoms with Crippen LogP contribution < -0.4 is 5.32 Å². The van der Waals surface area contributed by atoms with Crippen LogP contribution in [0.2, 0.25) is 0 Å². The van der Waals surface area contributed by atoms with Gasteiger partial charge in [-0.3, -0.25) is 4.68 Å². The maximum absolute atomic E-state index is 14.0. The molecule has 0 aliphatic heterocycles. The van der Waals surface area contributed by atoms with Crippen molar-refractivity contribution in [1.82, 2.24) is 15.1 Å². The highest BCUT2D eigenvalue weighted by Gasteiger charge is 2.18. The largest absolute Gasteiger partial charge is 0.305 e. The Bertz CT molecular complexity index is 764. The van der Waals surface area contributed by atoms with E-state index in [0.29, 0.717) is 5.39 Å². The van der Waals surface area contributed by atoms with E-state index in [-0.39, 0.29) is 11.9 Å². The van der Waals surface area contributed by atoms with Gasteiger partial charge in [-0.15, -0.1) is 0 Å². The summed E-state index contributed by atoms with van der Waals surface area (Å²) in [7, 11) is 1.90. The van der Waals surface area contributed by atoms with Crippen LogP contribution in [0.25, 0.3) is 10.8 Å². The minimum absolute atomic E-state index is 0.0401. The molecule has 1 atom stereocenters. The first-order valence-corrected chi connectivity index (χ1v) is 7.10. The van der Waals surface area contributed by atoms with E-state index in [0.717, 1.165) is 23.2 Å². The molecule has 0 radical (unpaired) electrons. The average molecular weight is 283 g/mol. The van der Waals surface area contributed by atoms with Crippen LogP contribution in [0.3, 0.4) is 0 Å². The molecule has 1 aromatic heterocycles. The zero-order valence-electron chi connectivity index (χ0n) is 12.2. The molecule has 0 aliphatic rings. The van der Waals surface area contributed by atoms with Gasteiger partial charge in [0.1, 0.15) is 5.82 Å². The van der Waals surface area contributed by atoms with Gasteiger partial charge >= 0.3 is 0 Å². The third-order valence-corrected chi connectivity index (χ3v) is 3.65. The van der Waals surface area contributed by atoms with Crippen molar-refractivity contribution in [3.63, 3.8) is 0 Å². The smallest absolute Gasteiger partial charge is 0.131 e. The molecule has 3 aromatic rings. The van der Waals surface area contributed by atoms with Gasteiger partial charge in [-0.25, -0.2) is 4.39 Å². The molecule has 0 saturated heterocycles. The van der Waals surface area contributed by atoms with E-state index in [1.54, 1.807) is 4.68 Å². The van der Waals surface area contributed by atoms with E-state index in [9.17, 15) is 4.39 Å². The SMILES string of the molecule is CCNC(c1ccn(C)n1)c1ccc(F)c2ccccc12. The van der Waals surface area contributed by atoms with Gasteiger partial charge < -0.3 is 5.32 Å². The molecule has 0 saturated carbocycles. The van der Waals surface area contributed by atoms with E-state index >= 15 is 0 Å². The highest BCUT2D eigenvalue weighted by atomic mass is 19.1. The van der Waals surface area contributed by atoms with Crippen LogP contribution in [0, 0.1) is 5.82 Å². The van der Waals surface area contributed by atoms with Crippen molar-refractivity contribution in [1.29, 1.82) is 0 Å². The first kappa shape index (κ1) is 13.8. The molecule has 1 unspecified atom stereocenters. The fourth-order valence-electron chi connectivity index (χ4n) is 2.70. The second kappa shape index (κ2) is 5.66. The number of aryl methyl sites for hydroxylation is 1. The Morgan fingerprint density at radius 2 is 1.90 bits per heavy atom. The average Bonchev–Trinajstić information content (AvgIpc) is 2.92. The fraction of sp³-hybridized carbons (Fsp3) is 0.235. The number of rotatable bonds is 4. The molecule has 0 amide bonds. The topological polar surface area (TPSA) is 29.9 Å². The molecule has 4 heteroatoms. The minimum atomic E-state index is -0.189. The number of hydrogen-bond acceptors (Lipinski definition) is 2. The summed E-state index contributed by atoms with van der Waals surface area (Å²) in [5.74, 6) is -0.189. The van der Waals surface area contributed by atoms with Crippen LogP contribution in [-0.4, -0.2) is 16.3 Å². The first-order chi connectivity index (χ1) is 10.2.